The zero-order valence-corrected chi connectivity index (χ0v) is 13.2. The monoisotopic (exact) mass is 285 g/mol. The fourth-order valence-corrected chi connectivity index (χ4v) is 2.21. The fourth-order valence-electron chi connectivity index (χ4n) is 2.21. The summed E-state index contributed by atoms with van der Waals surface area (Å²) in [6, 6.07) is 5.95. The van der Waals surface area contributed by atoms with E-state index in [-0.39, 0.29) is 0 Å². The molecule has 1 N–H and O–H groups in total. The van der Waals surface area contributed by atoms with Gasteiger partial charge in [-0.3, -0.25) is 4.98 Å². The second kappa shape index (κ2) is 7.02. The molecule has 2 aromatic rings. The van der Waals surface area contributed by atoms with Gasteiger partial charge < -0.3 is 10.2 Å². The number of nitrogens with zero attached hydrogens (tertiary/aromatic N) is 4. The zero-order valence-electron chi connectivity index (χ0n) is 13.2. The molecule has 0 unspecified atom stereocenters. The van der Waals surface area contributed by atoms with Crippen LogP contribution in [0.15, 0.2) is 24.4 Å². The van der Waals surface area contributed by atoms with Crippen molar-refractivity contribution in [3.05, 3.63) is 41.5 Å². The highest BCUT2D eigenvalue weighted by molar-refractivity contribution is 5.58. The Balaban J connectivity index is 2.23. The van der Waals surface area contributed by atoms with Crippen molar-refractivity contribution in [2.24, 2.45) is 0 Å². The van der Waals surface area contributed by atoms with Crippen molar-refractivity contribution in [2.45, 2.75) is 33.7 Å². The summed E-state index contributed by atoms with van der Waals surface area (Å²) >= 11 is 0. The summed E-state index contributed by atoms with van der Waals surface area (Å²) in [4.78, 5) is 15.6. The summed E-state index contributed by atoms with van der Waals surface area (Å²) in [5.41, 5.74) is 2.10. The van der Waals surface area contributed by atoms with Crippen LogP contribution in [0.2, 0.25) is 0 Å². The molecule has 0 radical (unpaired) electrons. The molecule has 0 saturated heterocycles. The molecule has 0 aliphatic rings. The van der Waals surface area contributed by atoms with Gasteiger partial charge in [0, 0.05) is 25.4 Å². The minimum absolute atomic E-state index is 0.728. The number of rotatable bonds is 6. The zero-order chi connectivity index (χ0) is 15.2. The molecule has 0 aliphatic carbocycles. The van der Waals surface area contributed by atoms with Crippen molar-refractivity contribution in [1.82, 2.24) is 15.0 Å². The molecule has 21 heavy (non-hydrogen) atoms. The molecule has 5 nitrogen and oxygen atoms in total. The van der Waals surface area contributed by atoms with E-state index in [0.29, 0.717) is 0 Å². The first-order chi connectivity index (χ1) is 10.1. The first-order valence-electron chi connectivity index (χ1n) is 7.32. The Morgan fingerprint density at radius 2 is 2.00 bits per heavy atom. The second-order valence-electron chi connectivity index (χ2n) is 5.17. The molecule has 2 rings (SSSR count). The lowest BCUT2D eigenvalue weighted by molar-refractivity contribution is 0.843. The van der Waals surface area contributed by atoms with Crippen molar-refractivity contribution in [2.75, 3.05) is 23.8 Å². The van der Waals surface area contributed by atoms with E-state index in [1.807, 2.05) is 38.4 Å². The van der Waals surface area contributed by atoms with E-state index < -0.39 is 0 Å². The number of pyridine rings is 1. The van der Waals surface area contributed by atoms with Gasteiger partial charge in [-0.2, -0.15) is 0 Å². The van der Waals surface area contributed by atoms with Crippen LogP contribution >= 0.6 is 0 Å². The maximum Gasteiger partial charge on any atom is 0.137 e. The number of nitrogens with one attached hydrogen (secondary N) is 1. The molecule has 0 aliphatic heterocycles. The molecule has 112 valence electrons. The number of aryl methyl sites for hydroxylation is 1. The van der Waals surface area contributed by atoms with Crippen molar-refractivity contribution < 1.29 is 0 Å². The van der Waals surface area contributed by atoms with Gasteiger partial charge in [-0.25, -0.2) is 9.97 Å². The van der Waals surface area contributed by atoms with Crippen LogP contribution in [0.3, 0.4) is 0 Å². The molecular formula is C16H23N5. The van der Waals surface area contributed by atoms with Gasteiger partial charge in [0.05, 0.1) is 12.2 Å². The van der Waals surface area contributed by atoms with Gasteiger partial charge in [-0.05, 0) is 32.4 Å². The summed E-state index contributed by atoms with van der Waals surface area (Å²) in [5.74, 6) is 2.65. The Hall–Kier alpha value is -2.17. The first kappa shape index (κ1) is 15.2. The average Bonchev–Trinajstić information content (AvgIpc) is 2.48. The van der Waals surface area contributed by atoms with Crippen LogP contribution in [0.1, 0.15) is 30.4 Å². The highest BCUT2D eigenvalue weighted by atomic mass is 15.2. The number of hydrogen-bond acceptors (Lipinski definition) is 5. The summed E-state index contributed by atoms with van der Waals surface area (Å²) in [5, 5.41) is 3.37. The summed E-state index contributed by atoms with van der Waals surface area (Å²) in [6.07, 6.45) is 2.89. The van der Waals surface area contributed by atoms with Crippen LogP contribution in [0.4, 0.5) is 11.6 Å². The van der Waals surface area contributed by atoms with Crippen molar-refractivity contribution in [3.63, 3.8) is 0 Å². The lowest BCUT2D eigenvalue weighted by Crippen LogP contribution is -2.21. The van der Waals surface area contributed by atoms with E-state index in [4.69, 9.17) is 0 Å². The molecule has 2 heterocycles. The molecule has 0 saturated carbocycles. The Bertz CT molecular complexity index is 583. The van der Waals surface area contributed by atoms with Crippen molar-refractivity contribution in [1.29, 1.82) is 0 Å². The van der Waals surface area contributed by atoms with Crippen LogP contribution in [0, 0.1) is 13.8 Å². The maximum atomic E-state index is 4.58. The molecular weight excluding hydrogens is 262 g/mol. The van der Waals surface area contributed by atoms with Crippen LogP contribution in [0.5, 0.6) is 0 Å². The molecule has 0 spiro atoms. The molecule has 2 aromatic heterocycles. The predicted octanol–water partition coefficient (Wildman–Crippen LogP) is 2.95. The Morgan fingerprint density at radius 1 is 1.19 bits per heavy atom. The van der Waals surface area contributed by atoms with Crippen LogP contribution in [-0.4, -0.2) is 28.5 Å². The SMILES string of the molecule is CCCNc1nc(C)nc(N(C)Cc2ccccn2)c1C. The third-order valence-corrected chi connectivity index (χ3v) is 3.26. The second-order valence-corrected chi connectivity index (χ2v) is 5.17. The number of aromatic nitrogens is 3. The highest BCUT2D eigenvalue weighted by Crippen LogP contribution is 2.23. The summed E-state index contributed by atoms with van der Waals surface area (Å²) in [6.45, 7) is 7.77. The maximum absolute atomic E-state index is 4.58. The lowest BCUT2D eigenvalue weighted by Gasteiger charge is -2.22. The quantitative estimate of drug-likeness (QED) is 0.884. The molecule has 0 aromatic carbocycles. The Labute approximate surface area is 126 Å². The normalized spacial score (nSPS) is 10.5. The van der Waals surface area contributed by atoms with E-state index >= 15 is 0 Å². The van der Waals surface area contributed by atoms with Crippen LogP contribution in [-0.2, 0) is 6.54 Å². The van der Waals surface area contributed by atoms with Crippen LogP contribution < -0.4 is 10.2 Å². The lowest BCUT2D eigenvalue weighted by atomic mass is 10.2. The molecule has 0 amide bonds. The highest BCUT2D eigenvalue weighted by Gasteiger charge is 2.13. The van der Waals surface area contributed by atoms with Gasteiger partial charge >= 0.3 is 0 Å². The number of hydrogen-bond donors (Lipinski definition) is 1. The third kappa shape index (κ3) is 3.90. The summed E-state index contributed by atoms with van der Waals surface area (Å²) in [7, 11) is 2.03. The van der Waals surface area contributed by atoms with Gasteiger partial charge in [0.2, 0.25) is 0 Å². The van der Waals surface area contributed by atoms with Gasteiger partial charge in [-0.1, -0.05) is 13.0 Å². The molecule has 0 bridgehead atoms. The van der Waals surface area contributed by atoms with E-state index in [2.05, 4.69) is 39.0 Å². The topological polar surface area (TPSA) is 53.9 Å². The smallest absolute Gasteiger partial charge is 0.137 e. The predicted molar refractivity (Wildman–Crippen MR) is 86.6 cm³/mol. The summed E-state index contributed by atoms with van der Waals surface area (Å²) < 4.78 is 0. The largest absolute Gasteiger partial charge is 0.370 e. The van der Waals surface area contributed by atoms with Crippen LogP contribution in [0.25, 0.3) is 0 Å². The average molecular weight is 285 g/mol. The van der Waals surface area contributed by atoms with Crippen molar-refractivity contribution >= 4 is 11.6 Å². The Kier molecular flexibility index (Phi) is 5.09. The van der Waals surface area contributed by atoms with Gasteiger partial charge in [-0.15, -0.1) is 0 Å². The van der Waals surface area contributed by atoms with E-state index in [9.17, 15) is 0 Å². The fraction of sp³-hybridized carbons (Fsp3) is 0.438. The Morgan fingerprint density at radius 3 is 2.67 bits per heavy atom. The van der Waals surface area contributed by atoms with Gasteiger partial charge in [0.1, 0.15) is 17.5 Å². The standard InChI is InChI=1S/C16H23N5/c1-5-9-18-15-12(2)16(20-13(3)19-15)21(4)11-14-8-6-7-10-17-14/h6-8,10H,5,9,11H2,1-4H3,(H,18,19,20). The van der Waals surface area contributed by atoms with E-state index in [1.54, 1.807) is 0 Å². The van der Waals surface area contributed by atoms with E-state index in [1.165, 1.54) is 0 Å². The minimum atomic E-state index is 0.728. The van der Waals surface area contributed by atoms with Crippen molar-refractivity contribution in [3.8, 4) is 0 Å². The number of anilines is 2. The minimum Gasteiger partial charge on any atom is -0.370 e. The first-order valence-corrected chi connectivity index (χ1v) is 7.32. The van der Waals surface area contributed by atoms with Gasteiger partial charge in [0.15, 0.2) is 0 Å². The molecule has 5 heteroatoms. The molecule has 0 fully saturated rings. The van der Waals surface area contributed by atoms with Gasteiger partial charge in [0.25, 0.3) is 0 Å². The third-order valence-electron chi connectivity index (χ3n) is 3.26. The molecule has 0 atom stereocenters. The van der Waals surface area contributed by atoms with E-state index in [0.717, 1.165) is 48.2 Å².